The summed E-state index contributed by atoms with van der Waals surface area (Å²) in [4.78, 5) is 22.8. The lowest BCUT2D eigenvalue weighted by atomic mass is 10.2. The molecule has 0 fully saturated rings. The van der Waals surface area contributed by atoms with Crippen LogP contribution in [0.15, 0.2) is 36.7 Å². The number of nitrogens with zero attached hydrogens (tertiary/aromatic N) is 5. The van der Waals surface area contributed by atoms with Crippen LogP contribution < -0.4 is 5.32 Å². The third-order valence-corrected chi connectivity index (χ3v) is 4.48. The number of nitro groups is 1. The Balaban J connectivity index is 1.78. The van der Waals surface area contributed by atoms with Crippen molar-refractivity contribution in [3.8, 4) is 0 Å². The molecule has 0 bridgehead atoms. The molecule has 0 aliphatic rings. The summed E-state index contributed by atoms with van der Waals surface area (Å²) in [5, 5.41) is 21.8. The van der Waals surface area contributed by atoms with E-state index in [0.717, 1.165) is 6.20 Å². The summed E-state index contributed by atoms with van der Waals surface area (Å²) < 4.78 is 16.8. The smallest absolute Gasteiger partial charge is 0.307 e. The number of rotatable bonds is 6. The Kier molecular flexibility index (Phi) is 5.21. The quantitative estimate of drug-likeness (QED) is 0.517. The molecule has 1 amide bonds. The van der Waals surface area contributed by atoms with Gasteiger partial charge >= 0.3 is 5.69 Å². The lowest BCUT2D eigenvalue weighted by molar-refractivity contribution is -0.385. The van der Waals surface area contributed by atoms with E-state index in [1.54, 1.807) is 43.7 Å². The maximum Gasteiger partial charge on any atom is 0.307 e. The molecule has 0 aliphatic carbocycles. The van der Waals surface area contributed by atoms with E-state index in [9.17, 15) is 19.3 Å². The molecule has 0 spiro atoms. The Morgan fingerprint density at radius 1 is 1.36 bits per heavy atom. The van der Waals surface area contributed by atoms with Crippen molar-refractivity contribution in [3.63, 3.8) is 0 Å². The van der Waals surface area contributed by atoms with Crippen molar-refractivity contribution in [2.45, 2.75) is 33.4 Å². The number of halogens is 1. The van der Waals surface area contributed by atoms with E-state index in [1.807, 2.05) is 0 Å². The minimum atomic E-state index is -0.762. The fourth-order valence-electron chi connectivity index (χ4n) is 2.80. The van der Waals surface area contributed by atoms with E-state index in [2.05, 4.69) is 15.5 Å². The molecule has 1 unspecified atom stereocenters. The molecule has 28 heavy (non-hydrogen) atoms. The zero-order chi connectivity index (χ0) is 20.4. The molecular weight excluding hydrogens is 367 g/mol. The molecule has 2 heterocycles. The van der Waals surface area contributed by atoms with Crippen LogP contribution in [0.25, 0.3) is 0 Å². The predicted molar refractivity (Wildman–Crippen MR) is 99.4 cm³/mol. The fourth-order valence-corrected chi connectivity index (χ4v) is 2.80. The van der Waals surface area contributed by atoms with Crippen molar-refractivity contribution in [2.75, 3.05) is 5.32 Å². The standard InChI is InChI=1S/C18H19FN6O3/c1-11-17(12(2)24(22-11)9-14-6-4-5-7-16(14)19)21-18(26)13(3)23-10-15(8-20-23)25(27)28/h4-8,10,13H,9H2,1-3H3,(H,21,26). The maximum atomic E-state index is 13.9. The number of carbonyl (C=O) groups excluding carboxylic acids is 1. The normalized spacial score (nSPS) is 12.0. The lowest BCUT2D eigenvalue weighted by Gasteiger charge is -2.13. The minimum Gasteiger partial charge on any atom is -0.321 e. The molecular formula is C18H19FN6O3. The Hall–Kier alpha value is -3.56. The first-order chi connectivity index (χ1) is 13.3. The van der Waals surface area contributed by atoms with Crippen LogP contribution in [-0.2, 0) is 11.3 Å². The summed E-state index contributed by atoms with van der Waals surface area (Å²) in [6.07, 6.45) is 2.29. The van der Waals surface area contributed by atoms with E-state index in [0.29, 0.717) is 22.6 Å². The van der Waals surface area contributed by atoms with Gasteiger partial charge in [0, 0.05) is 5.56 Å². The van der Waals surface area contributed by atoms with E-state index in [1.165, 1.54) is 16.9 Å². The third kappa shape index (κ3) is 3.75. The van der Waals surface area contributed by atoms with Gasteiger partial charge in [-0.1, -0.05) is 18.2 Å². The Bertz CT molecular complexity index is 1040. The average Bonchev–Trinajstić information content (AvgIpc) is 3.24. The van der Waals surface area contributed by atoms with Gasteiger partial charge in [-0.05, 0) is 26.8 Å². The van der Waals surface area contributed by atoms with Gasteiger partial charge in [-0.2, -0.15) is 10.2 Å². The van der Waals surface area contributed by atoms with Gasteiger partial charge in [0.25, 0.3) is 0 Å². The average molecular weight is 386 g/mol. The highest BCUT2D eigenvalue weighted by atomic mass is 19.1. The lowest BCUT2D eigenvalue weighted by Crippen LogP contribution is -2.24. The number of carbonyl (C=O) groups is 1. The zero-order valence-corrected chi connectivity index (χ0v) is 15.6. The molecule has 0 aliphatic heterocycles. The minimum absolute atomic E-state index is 0.190. The molecule has 9 nitrogen and oxygen atoms in total. The van der Waals surface area contributed by atoms with Crippen LogP contribution in [0, 0.1) is 29.8 Å². The molecule has 1 N–H and O–H groups in total. The molecule has 3 aromatic rings. The Labute approximate surface area is 159 Å². The highest BCUT2D eigenvalue weighted by Gasteiger charge is 2.22. The van der Waals surface area contributed by atoms with Gasteiger partial charge in [-0.25, -0.2) is 4.39 Å². The Morgan fingerprint density at radius 3 is 2.71 bits per heavy atom. The molecule has 2 aromatic heterocycles. The number of nitrogens with one attached hydrogen (secondary N) is 1. The van der Waals surface area contributed by atoms with Gasteiger partial charge in [0.15, 0.2) is 0 Å². The zero-order valence-electron chi connectivity index (χ0n) is 15.6. The molecule has 1 aromatic carbocycles. The first-order valence-electron chi connectivity index (χ1n) is 8.54. The van der Waals surface area contributed by atoms with Crippen molar-refractivity contribution in [3.05, 3.63) is 69.5 Å². The fraction of sp³-hybridized carbons (Fsp3) is 0.278. The number of aromatic nitrogens is 4. The van der Waals surface area contributed by atoms with Crippen LogP contribution in [0.4, 0.5) is 15.8 Å². The van der Waals surface area contributed by atoms with Gasteiger partial charge in [0.2, 0.25) is 5.91 Å². The second-order valence-corrected chi connectivity index (χ2v) is 6.40. The molecule has 1 atom stereocenters. The predicted octanol–water partition coefficient (Wildman–Crippen LogP) is 2.99. The topological polar surface area (TPSA) is 108 Å². The number of amides is 1. The molecule has 0 radical (unpaired) electrons. The molecule has 0 saturated heterocycles. The van der Waals surface area contributed by atoms with Gasteiger partial charge in [0.1, 0.15) is 24.3 Å². The number of hydrogen-bond acceptors (Lipinski definition) is 5. The van der Waals surface area contributed by atoms with Crippen molar-refractivity contribution in [1.82, 2.24) is 19.6 Å². The van der Waals surface area contributed by atoms with Crippen molar-refractivity contribution >= 4 is 17.3 Å². The number of benzene rings is 1. The summed E-state index contributed by atoms with van der Waals surface area (Å²) in [7, 11) is 0. The van der Waals surface area contributed by atoms with Crippen molar-refractivity contribution in [1.29, 1.82) is 0 Å². The van der Waals surface area contributed by atoms with Crippen LogP contribution in [0.5, 0.6) is 0 Å². The number of aryl methyl sites for hydroxylation is 1. The van der Waals surface area contributed by atoms with E-state index < -0.39 is 16.9 Å². The first kappa shape index (κ1) is 19.2. The van der Waals surface area contributed by atoms with Crippen LogP contribution in [0.2, 0.25) is 0 Å². The van der Waals surface area contributed by atoms with Gasteiger partial charge in [-0.15, -0.1) is 0 Å². The van der Waals surface area contributed by atoms with E-state index >= 15 is 0 Å². The highest BCUT2D eigenvalue weighted by Crippen LogP contribution is 2.23. The molecule has 10 heteroatoms. The Morgan fingerprint density at radius 2 is 2.07 bits per heavy atom. The monoisotopic (exact) mass is 386 g/mol. The largest absolute Gasteiger partial charge is 0.321 e. The summed E-state index contributed by atoms with van der Waals surface area (Å²) in [5.74, 6) is -0.718. The van der Waals surface area contributed by atoms with Gasteiger partial charge in [0.05, 0.1) is 28.5 Å². The second kappa shape index (κ2) is 7.59. The van der Waals surface area contributed by atoms with Crippen LogP contribution in [0.1, 0.15) is 29.9 Å². The number of hydrogen-bond donors (Lipinski definition) is 1. The van der Waals surface area contributed by atoms with Crippen LogP contribution in [-0.4, -0.2) is 30.4 Å². The van der Waals surface area contributed by atoms with E-state index in [4.69, 9.17) is 0 Å². The van der Waals surface area contributed by atoms with Crippen molar-refractivity contribution in [2.24, 2.45) is 0 Å². The summed E-state index contributed by atoms with van der Waals surface area (Å²) in [6, 6.07) is 5.66. The van der Waals surface area contributed by atoms with Gasteiger partial charge < -0.3 is 5.32 Å². The second-order valence-electron chi connectivity index (χ2n) is 6.40. The SMILES string of the molecule is Cc1nn(Cc2ccccc2F)c(C)c1NC(=O)C(C)n1cc([N+](=O)[O-])cn1. The summed E-state index contributed by atoms with van der Waals surface area (Å²) in [5.41, 5.74) is 2.08. The third-order valence-electron chi connectivity index (χ3n) is 4.48. The van der Waals surface area contributed by atoms with Crippen molar-refractivity contribution < 1.29 is 14.1 Å². The van der Waals surface area contributed by atoms with E-state index in [-0.39, 0.29) is 18.0 Å². The molecule has 0 saturated carbocycles. The summed E-state index contributed by atoms with van der Waals surface area (Å²) in [6.45, 7) is 5.33. The number of anilines is 1. The highest BCUT2D eigenvalue weighted by molar-refractivity contribution is 5.94. The van der Waals surface area contributed by atoms with Crippen LogP contribution >= 0.6 is 0 Å². The van der Waals surface area contributed by atoms with Crippen LogP contribution in [0.3, 0.4) is 0 Å². The summed E-state index contributed by atoms with van der Waals surface area (Å²) >= 11 is 0. The first-order valence-corrected chi connectivity index (χ1v) is 8.54. The van der Waals surface area contributed by atoms with Gasteiger partial charge in [-0.3, -0.25) is 24.3 Å². The molecule has 146 valence electrons. The maximum absolute atomic E-state index is 13.9. The molecule has 3 rings (SSSR count).